The molecule has 29 heavy (non-hydrogen) atoms. The van der Waals surface area contributed by atoms with Gasteiger partial charge in [-0.2, -0.15) is 48.3 Å². The van der Waals surface area contributed by atoms with Crippen molar-refractivity contribution in [2.24, 2.45) is 0 Å². The second-order valence-electron chi connectivity index (χ2n) is 4.87. The topological polar surface area (TPSA) is 35.5 Å². The van der Waals surface area contributed by atoms with Crippen molar-refractivity contribution in [1.29, 1.82) is 0 Å². The van der Waals surface area contributed by atoms with Crippen LogP contribution in [0.2, 0.25) is 0 Å². The predicted molar refractivity (Wildman–Crippen MR) is 82.1 cm³/mol. The molecule has 0 heterocycles. The van der Waals surface area contributed by atoms with Gasteiger partial charge in [-0.15, -0.1) is 0 Å². The van der Waals surface area contributed by atoms with E-state index in [2.05, 4.69) is 57.3 Å². The first-order valence-corrected chi connectivity index (χ1v) is 8.70. The van der Waals surface area contributed by atoms with Crippen molar-refractivity contribution in [1.82, 2.24) is 0 Å². The van der Waals surface area contributed by atoms with Gasteiger partial charge in [0.1, 0.15) is 0 Å². The highest BCUT2D eigenvalue weighted by molar-refractivity contribution is 9.11. The molecule has 0 N–H and O–H groups in total. The average Bonchev–Trinajstić information content (AvgIpc) is 2.47. The Balaban J connectivity index is 3.41. The van der Waals surface area contributed by atoms with Crippen LogP contribution in [-0.4, -0.2) is 36.2 Å². The Morgan fingerprint density at radius 1 is 0.759 bits per heavy atom. The highest BCUT2D eigenvalue weighted by Crippen LogP contribution is 2.51. The molecule has 1 unspecified atom stereocenters. The zero-order valence-corrected chi connectivity index (χ0v) is 17.4. The van der Waals surface area contributed by atoms with Crippen LogP contribution in [0.5, 0.6) is 5.75 Å². The van der Waals surface area contributed by atoms with Gasteiger partial charge in [-0.25, -0.2) is 4.79 Å². The van der Waals surface area contributed by atoms with Crippen LogP contribution in [0.1, 0.15) is 0 Å². The fourth-order valence-electron chi connectivity index (χ4n) is 1.41. The molecule has 0 aromatic heterocycles. The largest absolute Gasteiger partial charge is 0.462 e. The number of carbonyl (C=O) groups is 1. The lowest BCUT2D eigenvalue weighted by Gasteiger charge is -2.33. The van der Waals surface area contributed by atoms with E-state index < -0.39 is 42.0 Å². The molecule has 1 rings (SSSR count). The molecule has 0 fully saturated rings. The fraction of sp³-hybridized carbons (Fsp3) is 0.417. The van der Waals surface area contributed by atoms with Crippen LogP contribution in [0, 0.1) is 0 Å². The molecule has 1 atom stereocenters. The first-order valence-electron chi connectivity index (χ1n) is 6.32. The van der Waals surface area contributed by atoms with E-state index in [4.69, 9.17) is 0 Å². The van der Waals surface area contributed by atoms with E-state index in [1.807, 2.05) is 0 Å². The smallest absolute Gasteiger partial charge is 0.420 e. The van der Waals surface area contributed by atoms with Crippen LogP contribution in [0.15, 0.2) is 25.6 Å². The second kappa shape index (κ2) is 8.11. The van der Waals surface area contributed by atoms with Crippen molar-refractivity contribution >= 4 is 53.8 Å². The predicted octanol–water partition coefficient (Wildman–Crippen LogP) is 6.91. The van der Waals surface area contributed by atoms with Gasteiger partial charge in [-0.3, -0.25) is 4.74 Å². The van der Waals surface area contributed by atoms with Crippen LogP contribution in [0.4, 0.5) is 48.3 Å². The maximum Gasteiger partial charge on any atom is 0.462 e. The van der Waals surface area contributed by atoms with E-state index in [1.54, 1.807) is 0 Å². The molecule has 0 spiro atoms. The lowest BCUT2D eigenvalue weighted by molar-refractivity contribution is -0.474. The lowest BCUT2D eigenvalue weighted by Crippen LogP contribution is -2.62. The Morgan fingerprint density at radius 2 is 1.17 bits per heavy atom. The highest BCUT2D eigenvalue weighted by atomic mass is 79.9. The fourth-order valence-corrected chi connectivity index (χ4v) is 3.83. The quantitative estimate of drug-likeness (QED) is 0.199. The number of hydrogen-bond donors (Lipinski definition) is 0. The monoisotopic (exact) mass is 640 g/mol. The summed E-state index contributed by atoms with van der Waals surface area (Å²) in [5.41, 5.74) is 0. The third-order valence-electron chi connectivity index (χ3n) is 2.78. The van der Waals surface area contributed by atoms with Gasteiger partial charge in [0.05, 0.1) is 8.95 Å². The number of rotatable bonds is 5. The van der Waals surface area contributed by atoms with Crippen LogP contribution in [-0.2, 0) is 9.53 Å². The van der Waals surface area contributed by atoms with E-state index in [0.29, 0.717) is 0 Å². The van der Waals surface area contributed by atoms with Gasteiger partial charge in [-0.1, -0.05) is 15.9 Å². The number of benzene rings is 1. The molecule has 0 radical (unpaired) electrons. The molecule has 1 aromatic carbocycles. The number of hydrogen-bond acceptors (Lipinski definition) is 3. The Bertz CT molecular complexity index is 771. The molecule has 0 aliphatic carbocycles. The molecule has 0 aliphatic heterocycles. The van der Waals surface area contributed by atoms with E-state index in [1.165, 1.54) is 0 Å². The van der Waals surface area contributed by atoms with Crippen molar-refractivity contribution in [3.63, 3.8) is 0 Å². The summed E-state index contributed by atoms with van der Waals surface area (Å²) in [5, 5.41) is 0. The molecule has 0 amide bonds. The summed E-state index contributed by atoms with van der Waals surface area (Å²) in [6.45, 7) is 0. The first kappa shape index (κ1) is 26.4. The minimum atomic E-state index is -7.29. The average molecular weight is 643 g/mol. The number of carbonyl (C=O) groups excluding carboxylic acids is 1. The summed E-state index contributed by atoms with van der Waals surface area (Å²) >= 11 is 8.22. The zero-order valence-electron chi connectivity index (χ0n) is 12.7. The molecular weight excluding hydrogens is 641 g/mol. The van der Waals surface area contributed by atoms with E-state index in [-0.39, 0.29) is 13.4 Å². The van der Waals surface area contributed by atoms with Crippen molar-refractivity contribution in [3.8, 4) is 5.75 Å². The number of ether oxygens (including phenoxy) is 2. The molecule has 0 aliphatic rings. The van der Waals surface area contributed by atoms with Gasteiger partial charge in [-0.05, 0) is 44.0 Å². The molecule has 0 saturated carbocycles. The minimum absolute atomic E-state index is 0.214. The molecule has 166 valence electrons. The van der Waals surface area contributed by atoms with Gasteiger partial charge in [0.15, 0.2) is 5.75 Å². The van der Waals surface area contributed by atoms with E-state index >= 15 is 0 Å². The zero-order chi connectivity index (χ0) is 23.2. The van der Waals surface area contributed by atoms with E-state index in [9.17, 15) is 53.1 Å². The van der Waals surface area contributed by atoms with Crippen LogP contribution >= 0.6 is 47.8 Å². The maximum atomic E-state index is 14.1. The summed E-state index contributed by atoms with van der Waals surface area (Å²) in [6, 6.07) is 2.04. The summed E-state index contributed by atoms with van der Waals surface area (Å²) < 4.78 is 146. The summed E-state index contributed by atoms with van der Waals surface area (Å²) in [7, 11) is 0. The third kappa shape index (κ3) is 5.15. The van der Waals surface area contributed by atoms with Crippen molar-refractivity contribution in [3.05, 3.63) is 25.6 Å². The lowest BCUT2D eigenvalue weighted by atomic mass is 10.2. The van der Waals surface area contributed by atoms with Gasteiger partial charge in [0.2, 0.25) is 0 Å². The van der Waals surface area contributed by atoms with E-state index in [0.717, 1.165) is 12.1 Å². The maximum absolute atomic E-state index is 14.1. The molecule has 3 nitrogen and oxygen atoms in total. The molecule has 0 saturated heterocycles. The third-order valence-corrected chi connectivity index (χ3v) is 4.41. The molecule has 17 heteroatoms. The second-order valence-corrected chi connectivity index (χ2v) is 7.50. The molecule has 1 aromatic rings. The van der Waals surface area contributed by atoms with Crippen LogP contribution in [0.3, 0.4) is 0 Å². The van der Waals surface area contributed by atoms with Crippen LogP contribution < -0.4 is 4.74 Å². The Hall–Kier alpha value is -0.680. The SMILES string of the molecule is O=C(Oc1c(Br)cc(Br)cc1Br)C(F)(OC(F)(F)C(F)(F)C(F)(F)F)C(F)(F)F. The van der Waals surface area contributed by atoms with Gasteiger partial charge in [0, 0.05) is 4.47 Å². The Kier molecular flexibility index (Phi) is 7.37. The van der Waals surface area contributed by atoms with Crippen molar-refractivity contribution in [2.75, 3.05) is 0 Å². The summed E-state index contributed by atoms with van der Waals surface area (Å²) in [5.74, 6) is -18.1. The van der Waals surface area contributed by atoms with Crippen LogP contribution in [0.25, 0.3) is 0 Å². The van der Waals surface area contributed by atoms with Crippen molar-refractivity contribution < 1.29 is 62.6 Å². The molecular formula is C12H2Br3F11O3. The number of halogens is 14. The summed E-state index contributed by atoms with van der Waals surface area (Å²) in [4.78, 5) is 11.6. The minimum Gasteiger partial charge on any atom is -0.420 e. The summed E-state index contributed by atoms with van der Waals surface area (Å²) in [6.07, 6.45) is -21.1. The first-order chi connectivity index (χ1) is 12.7. The normalized spacial score (nSPS) is 15.8. The molecule has 0 bridgehead atoms. The van der Waals surface area contributed by atoms with Gasteiger partial charge >= 0.3 is 36.2 Å². The van der Waals surface area contributed by atoms with Gasteiger partial charge in [0.25, 0.3) is 0 Å². The van der Waals surface area contributed by atoms with Crippen molar-refractivity contribution in [2.45, 2.75) is 30.2 Å². The Morgan fingerprint density at radius 3 is 1.52 bits per heavy atom. The van der Waals surface area contributed by atoms with Gasteiger partial charge < -0.3 is 4.74 Å². The number of alkyl halides is 11. The standard InChI is InChI=1S/C12H2Br3F11O3/c13-3-1-4(14)6(5(15)2-3)28-7(27)8(16,10(19,20)21)29-12(25,26)9(17,18)11(22,23)24/h1-2H. The Labute approximate surface area is 177 Å². The number of esters is 1. The highest BCUT2D eigenvalue weighted by Gasteiger charge is 2.80.